The van der Waals surface area contributed by atoms with Crippen LogP contribution in [0.1, 0.15) is 11.3 Å². The first-order valence-electron chi connectivity index (χ1n) is 8.68. The van der Waals surface area contributed by atoms with Gasteiger partial charge < -0.3 is 4.74 Å². The third kappa shape index (κ3) is 4.71. The largest absolute Gasteiger partial charge is 0.487 e. The van der Waals surface area contributed by atoms with Gasteiger partial charge >= 0.3 is 0 Å². The summed E-state index contributed by atoms with van der Waals surface area (Å²) in [6.07, 6.45) is 3.46. The van der Waals surface area contributed by atoms with E-state index in [0.717, 1.165) is 28.0 Å². The Balaban J connectivity index is 1.36. The first-order chi connectivity index (χ1) is 13.8. The van der Waals surface area contributed by atoms with Crippen molar-refractivity contribution >= 4 is 23.4 Å². The maximum absolute atomic E-state index is 6.09. The van der Waals surface area contributed by atoms with Crippen LogP contribution in [0.15, 0.2) is 84.4 Å². The maximum Gasteiger partial charge on any atom is 0.195 e. The fourth-order valence-corrected chi connectivity index (χ4v) is 3.67. The number of nitrogens with zero attached hydrogens (tertiary/aromatic N) is 4. The van der Waals surface area contributed by atoms with Crippen molar-refractivity contribution in [2.24, 2.45) is 0 Å². The lowest BCUT2D eigenvalue weighted by molar-refractivity contribution is 0.301. The van der Waals surface area contributed by atoms with Gasteiger partial charge in [0.15, 0.2) is 5.16 Å². The van der Waals surface area contributed by atoms with Gasteiger partial charge in [-0.3, -0.25) is 9.55 Å². The molecular formula is C21H17ClN4OS. The molecule has 0 aliphatic rings. The predicted molar refractivity (Wildman–Crippen MR) is 111 cm³/mol. The van der Waals surface area contributed by atoms with Crippen molar-refractivity contribution in [3.05, 3.63) is 95.5 Å². The van der Waals surface area contributed by atoms with Crippen molar-refractivity contribution in [3.8, 4) is 11.4 Å². The van der Waals surface area contributed by atoms with Crippen LogP contribution >= 0.6 is 23.4 Å². The molecule has 4 aromatic rings. The molecule has 0 aliphatic heterocycles. The van der Waals surface area contributed by atoms with Crippen LogP contribution in [-0.4, -0.2) is 19.7 Å². The zero-order valence-electron chi connectivity index (χ0n) is 14.9. The Morgan fingerprint density at radius 3 is 2.68 bits per heavy atom. The highest BCUT2D eigenvalue weighted by atomic mass is 35.5. The van der Waals surface area contributed by atoms with E-state index in [0.29, 0.717) is 11.6 Å². The summed E-state index contributed by atoms with van der Waals surface area (Å²) in [5.41, 5.74) is 3.02. The number of ether oxygens (including phenoxy) is 1. The highest BCUT2D eigenvalue weighted by Gasteiger charge is 2.08. The van der Waals surface area contributed by atoms with Crippen LogP contribution in [0.2, 0.25) is 5.02 Å². The van der Waals surface area contributed by atoms with Crippen molar-refractivity contribution in [1.29, 1.82) is 0 Å². The zero-order chi connectivity index (χ0) is 19.2. The van der Waals surface area contributed by atoms with Gasteiger partial charge in [-0.2, -0.15) is 0 Å². The van der Waals surface area contributed by atoms with Gasteiger partial charge in [-0.05, 0) is 48.0 Å². The summed E-state index contributed by atoms with van der Waals surface area (Å²) in [5.74, 6) is 1.60. The highest BCUT2D eigenvalue weighted by molar-refractivity contribution is 7.98. The number of halogens is 1. The smallest absolute Gasteiger partial charge is 0.195 e. The molecule has 0 atom stereocenters. The normalized spacial score (nSPS) is 10.8. The Morgan fingerprint density at radius 2 is 1.89 bits per heavy atom. The second-order valence-electron chi connectivity index (χ2n) is 6.01. The average molecular weight is 409 g/mol. The van der Waals surface area contributed by atoms with E-state index in [1.54, 1.807) is 24.3 Å². The average Bonchev–Trinajstić information content (AvgIpc) is 3.21. The zero-order valence-corrected chi connectivity index (χ0v) is 16.5. The van der Waals surface area contributed by atoms with Crippen LogP contribution in [-0.2, 0) is 12.4 Å². The van der Waals surface area contributed by atoms with E-state index < -0.39 is 0 Å². The fraction of sp³-hybridized carbons (Fsp3) is 0.0952. The van der Waals surface area contributed by atoms with Crippen molar-refractivity contribution in [2.75, 3.05) is 0 Å². The lowest BCUT2D eigenvalue weighted by atomic mass is 10.2. The van der Waals surface area contributed by atoms with E-state index in [1.807, 2.05) is 59.2 Å². The first-order valence-corrected chi connectivity index (χ1v) is 10.0. The maximum atomic E-state index is 6.09. The molecule has 0 saturated carbocycles. The molecule has 0 fully saturated rings. The predicted octanol–water partition coefficient (Wildman–Crippen LogP) is 5.19. The minimum absolute atomic E-state index is 0.456. The summed E-state index contributed by atoms with van der Waals surface area (Å²) in [5, 5.41) is 9.75. The highest BCUT2D eigenvalue weighted by Crippen LogP contribution is 2.25. The van der Waals surface area contributed by atoms with Gasteiger partial charge in [0, 0.05) is 17.0 Å². The summed E-state index contributed by atoms with van der Waals surface area (Å²) < 4.78 is 7.71. The number of hydrogen-bond donors (Lipinski definition) is 0. The molecule has 140 valence electrons. The van der Waals surface area contributed by atoms with Crippen molar-refractivity contribution in [2.45, 2.75) is 17.5 Å². The van der Waals surface area contributed by atoms with Crippen LogP contribution in [0.5, 0.6) is 5.75 Å². The SMILES string of the molecule is Clc1cccc(-n2cnnc2SCc2ccc(OCc3ccccn3)cc2)c1. The number of hydrogen-bond acceptors (Lipinski definition) is 5. The molecule has 5 nitrogen and oxygen atoms in total. The molecule has 0 spiro atoms. The van der Waals surface area contributed by atoms with Gasteiger partial charge in [-0.1, -0.05) is 47.6 Å². The van der Waals surface area contributed by atoms with Gasteiger partial charge in [-0.25, -0.2) is 0 Å². The monoisotopic (exact) mass is 408 g/mol. The van der Waals surface area contributed by atoms with Crippen LogP contribution in [0.25, 0.3) is 5.69 Å². The van der Waals surface area contributed by atoms with E-state index in [9.17, 15) is 0 Å². The van der Waals surface area contributed by atoms with Gasteiger partial charge in [0.2, 0.25) is 0 Å². The molecule has 0 aliphatic carbocycles. The van der Waals surface area contributed by atoms with Crippen molar-refractivity contribution in [3.63, 3.8) is 0 Å². The lowest BCUT2D eigenvalue weighted by Gasteiger charge is -2.08. The molecule has 7 heteroatoms. The molecule has 2 heterocycles. The summed E-state index contributed by atoms with van der Waals surface area (Å²) in [4.78, 5) is 4.26. The number of pyridine rings is 1. The van der Waals surface area contributed by atoms with Gasteiger partial charge in [0.25, 0.3) is 0 Å². The van der Waals surface area contributed by atoms with Crippen molar-refractivity contribution < 1.29 is 4.74 Å². The van der Waals surface area contributed by atoms with Crippen LogP contribution < -0.4 is 4.74 Å². The van der Waals surface area contributed by atoms with E-state index in [4.69, 9.17) is 16.3 Å². The third-order valence-electron chi connectivity index (χ3n) is 4.01. The second kappa shape index (κ2) is 8.91. The number of rotatable bonds is 7. The summed E-state index contributed by atoms with van der Waals surface area (Å²) in [7, 11) is 0. The Labute approximate surface area is 172 Å². The van der Waals surface area contributed by atoms with Gasteiger partial charge in [0.05, 0.1) is 11.4 Å². The molecule has 2 aromatic heterocycles. The van der Waals surface area contributed by atoms with Crippen LogP contribution in [0, 0.1) is 0 Å². The molecule has 2 aromatic carbocycles. The van der Waals surface area contributed by atoms with E-state index >= 15 is 0 Å². The second-order valence-corrected chi connectivity index (χ2v) is 7.38. The molecule has 0 saturated heterocycles. The summed E-state index contributed by atoms with van der Waals surface area (Å²) in [6, 6.07) is 21.5. The quantitative estimate of drug-likeness (QED) is 0.394. The third-order valence-corrected chi connectivity index (χ3v) is 5.26. The Hall–Kier alpha value is -2.83. The first kappa shape index (κ1) is 18.5. The molecular weight excluding hydrogens is 392 g/mol. The minimum atomic E-state index is 0.456. The minimum Gasteiger partial charge on any atom is -0.487 e. The van der Waals surface area contributed by atoms with Crippen LogP contribution in [0.3, 0.4) is 0 Å². The molecule has 0 amide bonds. The topological polar surface area (TPSA) is 52.8 Å². The molecule has 0 radical (unpaired) electrons. The number of benzene rings is 2. The Bertz CT molecular complexity index is 1040. The van der Waals surface area contributed by atoms with E-state index in [-0.39, 0.29) is 0 Å². The van der Waals surface area contributed by atoms with E-state index in [2.05, 4.69) is 27.3 Å². The van der Waals surface area contributed by atoms with Gasteiger partial charge in [-0.15, -0.1) is 10.2 Å². The van der Waals surface area contributed by atoms with Crippen LogP contribution in [0.4, 0.5) is 0 Å². The molecule has 4 rings (SSSR count). The molecule has 0 N–H and O–H groups in total. The number of thioether (sulfide) groups is 1. The fourth-order valence-electron chi connectivity index (χ4n) is 2.60. The molecule has 0 unspecified atom stereocenters. The summed E-state index contributed by atoms with van der Waals surface area (Å²) >= 11 is 7.71. The summed E-state index contributed by atoms with van der Waals surface area (Å²) in [6.45, 7) is 0.456. The lowest BCUT2D eigenvalue weighted by Crippen LogP contribution is -1.97. The van der Waals surface area contributed by atoms with Crippen molar-refractivity contribution in [1.82, 2.24) is 19.7 Å². The number of aromatic nitrogens is 4. The molecule has 0 bridgehead atoms. The van der Waals surface area contributed by atoms with Gasteiger partial charge in [0.1, 0.15) is 18.7 Å². The Morgan fingerprint density at radius 1 is 1.00 bits per heavy atom. The van der Waals surface area contributed by atoms with E-state index in [1.165, 1.54) is 5.56 Å². The standard InChI is InChI=1S/C21H17ClN4OS/c22-17-4-3-6-19(12-17)26-15-24-25-21(26)28-14-16-7-9-20(10-8-16)27-13-18-5-1-2-11-23-18/h1-12,15H,13-14H2. The Kier molecular flexibility index (Phi) is 5.89. The molecule has 28 heavy (non-hydrogen) atoms.